The van der Waals surface area contributed by atoms with Gasteiger partial charge in [0, 0.05) is 23.6 Å². The summed E-state index contributed by atoms with van der Waals surface area (Å²) < 4.78 is 35.4. The van der Waals surface area contributed by atoms with Gasteiger partial charge in [-0.1, -0.05) is 46.3 Å². The summed E-state index contributed by atoms with van der Waals surface area (Å²) in [5, 5.41) is 5.57. The van der Waals surface area contributed by atoms with E-state index in [0.29, 0.717) is 37.2 Å². The maximum atomic E-state index is 14.3. The van der Waals surface area contributed by atoms with E-state index in [9.17, 15) is 13.6 Å². The first kappa shape index (κ1) is 22.1. The number of nitrogens with zero attached hydrogens (tertiary/aromatic N) is 1. The van der Waals surface area contributed by atoms with Crippen molar-refractivity contribution in [3.05, 3.63) is 81.3 Å². The molecule has 3 aromatic rings. The molecule has 1 aliphatic carbocycles. The third-order valence-electron chi connectivity index (χ3n) is 7.54. The Labute approximate surface area is 205 Å². The van der Waals surface area contributed by atoms with E-state index in [0.717, 1.165) is 33.7 Å². The van der Waals surface area contributed by atoms with Crippen LogP contribution >= 0.6 is 15.9 Å². The first-order valence-corrected chi connectivity index (χ1v) is 12.6. The maximum Gasteiger partial charge on any atom is 0.230 e. The average Bonchev–Trinajstić information content (AvgIpc) is 3.64. The van der Waals surface area contributed by atoms with Crippen molar-refractivity contribution in [2.24, 2.45) is 5.92 Å². The number of carbonyl (C=O) groups is 1. The predicted molar refractivity (Wildman–Crippen MR) is 129 cm³/mol. The highest BCUT2D eigenvalue weighted by Crippen LogP contribution is 2.48. The Hall–Kier alpha value is -2.35. The molecule has 1 N–H and O–H groups in total. The van der Waals surface area contributed by atoms with Crippen molar-refractivity contribution in [3.8, 4) is 0 Å². The molecule has 0 aromatic heterocycles. The number of hydrogen-bond acceptors (Lipinski definition) is 3. The van der Waals surface area contributed by atoms with E-state index >= 15 is 0 Å². The Morgan fingerprint density at radius 2 is 1.88 bits per heavy atom. The highest BCUT2D eigenvalue weighted by atomic mass is 79.9. The number of carbonyl (C=O) groups excluding carboxylic acids is 1. The van der Waals surface area contributed by atoms with Crippen molar-refractivity contribution in [1.82, 2.24) is 10.2 Å². The van der Waals surface area contributed by atoms with Crippen LogP contribution in [0, 0.1) is 17.6 Å². The number of piperidine rings is 1. The molecule has 3 aliphatic rings. The van der Waals surface area contributed by atoms with Gasteiger partial charge >= 0.3 is 0 Å². The van der Waals surface area contributed by atoms with Gasteiger partial charge in [0.05, 0.1) is 12.5 Å². The van der Waals surface area contributed by atoms with Gasteiger partial charge in [-0.15, -0.1) is 0 Å². The molecule has 3 aromatic carbocycles. The molecular formula is C27H25BrF2N2O2. The lowest BCUT2D eigenvalue weighted by Crippen LogP contribution is -2.55. The normalized spacial score (nSPS) is 23.9. The second-order valence-electron chi connectivity index (χ2n) is 9.56. The molecule has 2 unspecified atom stereocenters. The smallest absolute Gasteiger partial charge is 0.230 e. The standard InChI is InChI=1S/C27H25BrF2N2O2/c28-23-8-5-16(19-3-1-2-4-20(19)23)14-32(18-6-7-18)26(33)22-13-31-10-9-27(22)21-12-25(30)24(29)11-17(21)15-34-27/h1-5,8,11-12,18,22,31H,6-7,9-10,13-15H2. The predicted octanol–water partition coefficient (Wildman–Crippen LogP) is 5.41. The van der Waals surface area contributed by atoms with Crippen molar-refractivity contribution in [2.75, 3.05) is 13.1 Å². The molecule has 0 bridgehead atoms. The molecule has 0 radical (unpaired) electrons. The number of nitrogens with one attached hydrogen (secondary N) is 1. The van der Waals surface area contributed by atoms with Crippen molar-refractivity contribution in [1.29, 1.82) is 0 Å². The van der Waals surface area contributed by atoms with E-state index in [4.69, 9.17) is 4.74 Å². The first-order valence-electron chi connectivity index (χ1n) is 11.8. The van der Waals surface area contributed by atoms with Crippen LogP contribution in [0.1, 0.15) is 36.0 Å². The summed E-state index contributed by atoms with van der Waals surface area (Å²) in [5.74, 6) is -2.26. The van der Waals surface area contributed by atoms with Crippen LogP contribution in [0.3, 0.4) is 0 Å². The van der Waals surface area contributed by atoms with Crippen molar-refractivity contribution < 1.29 is 18.3 Å². The lowest BCUT2D eigenvalue weighted by molar-refractivity contribution is -0.157. The van der Waals surface area contributed by atoms with Crippen LogP contribution in [0.15, 0.2) is 53.0 Å². The minimum atomic E-state index is -0.929. The van der Waals surface area contributed by atoms with E-state index in [-0.39, 0.29) is 18.6 Å². The van der Waals surface area contributed by atoms with Gasteiger partial charge in [-0.3, -0.25) is 4.79 Å². The van der Waals surface area contributed by atoms with Crippen LogP contribution < -0.4 is 5.32 Å². The van der Waals surface area contributed by atoms with Gasteiger partial charge in [0.15, 0.2) is 11.6 Å². The molecule has 4 nitrogen and oxygen atoms in total. The number of fused-ring (bicyclic) bond motifs is 3. The minimum absolute atomic E-state index is 0.0132. The zero-order valence-electron chi connectivity index (χ0n) is 18.6. The SMILES string of the molecule is O=C(C1CNCCC12OCc1cc(F)c(F)cc12)N(Cc1ccc(Br)c2ccccc12)C1CC1. The Morgan fingerprint density at radius 3 is 2.68 bits per heavy atom. The Kier molecular flexibility index (Phi) is 5.47. The molecule has 1 amide bonds. The molecule has 2 aliphatic heterocycles. The van der Waals surface area contributed by atoms with Crippen LogP contribution in [0.25, 0.3) is 10.8 Å². The molecule has 6 rings (SSSR count). The highest BCUT2D eigenvalue weighted by molar-refractivity contribution is 9.10. The molecule has 1 spiro atoms. The van der Waals surface area contributed by atoms with E-state index in [1.54, 1.807) is 0 Å². The van der Waals surface area contributed by atoms with Gasteiger partial charge in [0.2, 0.25) is 5.91 Å². The topological polar surface area (TPSA) is 41.6 Å². The van der Waals surface area contributed by atoms with Gasteiger partial charge < -0.3 is 15.0 Å². The van der Waals surface area contributed by atoms with E-state index in [2.05, 4.69) is 39.4 Å². The molecule has 176 valence electrons. The third kappa shape index (κ3) is 3.56. The lowest BCUT2D eigenvalue weighted by Gasteiger charge is -2.43. The quantitative estimate of drug-likeness (QED) is 0.494. The van der Waals surface area contributed by atoms with Gasteiger partial charge in [0.1, 0.15) is 5.60 Å². The molecule has 2 atom stereocenters. The van der Waals surface area contributed by atoms with Gasteiger partial charge in [-0.2, -0.15) is 0 Å². The maximum absolute atomic E-state index is 14.3. The van der Waals surface area contributed by atoms with Gasteiger partial charge in [-0.25, -0.2) is 8.78 Å². The number of amides is 1. The summed E-state index contributed by atoms with van der Waals surface area (Å²) in [7, 11) is 0. The van der Waals surface area contributed by atoms with E-state index in [1.807, 2.05) is 23.1 Å². The zero-order valence-corrected chi connectivity index (χ0v) is 20.2. The van der Waals surface area contributed by atoms with Gasteiger partial charge in [0.25, 0.3) is 0 Å². The van der Waals surface area contributed by atoms with Crippen LogP contribution in [0.5, 0.6) is 0 Å². The number of halogens is 3. The van der Waals surface area contributed by atoms with Crippen LogP contribution in [0.2, 0.25) is 0 Å². The number of benzene rings is 3. The molecule has 2 heterocycles. The monoisotopic (exact) mass is 526 g/mol. The van der Waals surface area contributed by atoms with Crippen molar-refractivity contribution in [2.45, 2.75) is 44.1 Å². The molecule has 1 saturated heterocycles. The fraction of sp³-hybridized carbons (Fsp3) is 0.370. The Morgan fingerprint density at radius 1 is 1.12 bits per heavy atom. The molecular weight excluding hydrogens is 502 g/mol. The van der Waals surface area contributed by atoms with Crippen LogP contribution in [-0.2, 0) is 28.3 Å². The summed E-state index contributed by atoms with van der Waals surface area (Å²) >= 11 is 3.63. The van der Waals surface area contributed by atoms with Crippen molar-refractivity contribution in [3.63, 3.8) is 0 Å². The largest absolute Gasteiger partial charge is 0.365 e. The second kappa shape index (κ2) is 8.40. The molecule has 7 heteroatoms. The molecule has 34 heavy (non-hydrogen) atoms. The summed E-state index contributed by atoms with van der Waals surface area (Å²) in [5.41, 5.74) is 1.42. The Balaban J connectivity index is 1.37. The zero-order chi connectivity index (χ0) is 23.4. The summed E-state index contributed by atoms with van der Waals surface area (Å²) in [6.45, 7) is 1.80. The van der Waals surface area contributed by atoms with Crippen LogP contribution in [-0.4, -0.2) is 29.9 Å². The molecule has 2 fully saturated rings. The fourth-order valence-electron chi connectivity index (χ4n) is 5.65. The minimum Gasteiger partial charge on any atom is -0.365 e. The first-order chi connectivity index (χ1) is 16.5. The lowest BCUT2D eigenvalue weighted by atomic mass is 9.75. The summed E-state index contributed by atoms with van der Waals surface area (Å²) in [6.07, 6.45) is 2.50. The fourth-order valence-corrected chi connectivity index (χ4v) is 6.12. The third-order valence-corrected chi connectivity index (χ3v) is 8.23. The number of hydrogen-bond donors (Lipinski definition) is 1. The Bertz CT molecular complexity index is 1300. The number of ether oxygens (including phenoxy) is 1. The molecule has 1 saturated carbocycles. The van der Waals surface area contributed by atoms with Gasteiger partial charge in [-0.05, 0) is 71.5 Å². The summed E-state index contributed by atoms with van der Waals surface area (Å²) in [6, 6.07) is 14.9. The second-order valence-corrected chi connectivity index (χ2v) is 10.4. The number of rotatable bonds is 4. The van der Waals surface area contributed by atoms with Crippen LogP contribution in [0.4, 0.5) is 8.78 Å². The van der Waals surface area contributed by atoms with E-state index in [1.165, 1.54) is 12.1 Å². The van der Waals surface area contributed by atoms with Crippen molar-refractivity contribution >= 4 is 32.6 Å². The van der Waals surface area contributed by atoms with E-state index < -0.39 is 23.2 Å². The summed E-state index contributed by atoms with van der Waals surface area (Å²) in [4.78, 5) is 16.1. The average molecular weight is 527 g/mol. The highest BCUT2D eigenvalue weighted by Gasteiger charge is 2.53.